The number of nitrogens with zero attached hydrogens (tertiary/aromatic N) is 3. The molecule has 0 saturated carbocycles. The summed E-state index contributed by atoms with van der Waals surface area (Å²) < 4.78 is 0. The Morgan fingerprint density at radius 2 is 2.15 bits per heavy atom. The van der Waals surface area contributed by atoms with E-state index in [1.807, 2.05) is 16.3 Å². The van der Waals surface area contributed by atoms with Crippen LogP contribution in [0.15, 0.2) is 40.8 Å². The van der Waals surface area contributed by atoms with Gasteiger partial charge in [0.05, 0.1) is 5.69 Å². The molecule has 7 heteroatoms. The van der Waals surface area contributed by atoms with Crippen molar-refractivity contribution < 1.29 is 4.79 Å². The molecule has 2 aliphatic rings. The molecule has 1 aromatic carbocycles. The number of carbonyl (C=O) groups is 1. The standard InChI is InChI=1S/C19H22N4OS2/c1-3-4-10-22-17(24)16-15(9-11-25-16)23-18(22)20-21-19(23)26-12-14-8-6-5-7-13(14)2/h5-9,11,18,20H,3-4,10,12H2,1-2H3. The van der Waals surface area contributed by atoms with Gasteiger partial charge in [0.25, 0.3) is 5.91 Å². The van der Waals surface area contributed by atoms with Crippen LogP contribution in [0.1, 0.15) is 40.6 Å². The molecule has 2 aliphatic heterocycles. The molecule has 0 radical (unpaired) electrons. The maximum atomic E-state index is 12.9. The third-order valence-electron chi connectivity index (χ3n) is 4.75. The minimum absolute atomic E-state index is 0.109. The van der Waals surface area contributed by atoms with Gasteiger partial charge in [-0.25, -0.2) is 0 Å². The summed E-state index contributed by atoms with van der Waals surface area (Å²) in [6, 6.07) is 10.5. The molecule has 0 aliphatic carbocycles. The second kappa shape index (κ2) is 7.32. The molecule has 1 amide bonds. The van der Waals surface area contributed by atoms with Crippen molar-refractivity contribution in [3.05, 3.63) is 51.7 Å². The third-order valence-corrected chi connectivity index (χ3v) is 6.64. The number of hydrogen-bond donors (Lipinski definition) is 1. The predicted octanol–water partition coefficient (Wildman–Crippen LogP) is 4.21. The smallest absolute Gasteiger partial charge is 0.269 e. The lowest BCUT2D eigenvalue weighted by atomic mass is 10.1. The van der Waals surface area contributed by atoms with Crippen LogP contribution in [0.5, 0.6) is 0 Å². The van der Waals surface area contributed by atoms with Gasteiger partial charge in [0.15, 0.2) is 5.17 Å². The van der Waals surface area contributed by atoms with Gasteiger partial charge in [-0.1, -0.05) is 49.4 Å². The summed E-state index contributed by atoms with van der Waals surface area (Å²) in [5.74, 6) is 0.969. The average molecular weight is 387 g/mol. The quantitative estimate of drug-likeness (QED) is 0.836. The van der Waals surface area contributed by atoms with Crippen LogP contribution in [-0.2, 0) is 5.75 Å². The topological polar surface area (TPSA) is 47.9 Å². The van der Waals surface area contributed by atoms with Crippen molar-refractivity contribution in [2.75, 3.05) is 11.4 Å². The fraction of sp³-hybridized carbons (Fsp3) is 0.368. The van der Waals surface area contributed by atoms with Crippen LogP contribution >= 0.6 is 23.1 Å². The number of benzene rings is 1. The van der Waals surface area contributed by atoms with Crippen LogP contribution in [0.4, 0.5) is 5.69 Å². The fourth-order valence-electron chi connectivity index (χ4n) is 3.24. The first kappa shape index (κ1) is 17.4. The first-order chi connectivity index (χ1) is 12.7. The Kier molecular flexibility index (Phi) is 4.91. The Bertz CT molecular complexity index is 848. The van der Waals surface area contributed by atoms with E-state index in [2.05, 4.69) is 53.5 Å². The Hall–Kier alpha value is -1.99. The number of unbranched alkanes of at least 4 members (excludes halogenated alkanes) is 1. The van der Waals surface area contributed by atoms with Gasteiger partial charge in [-0.3, -0.25) is 20.0 Å². The van der Waals surface area contributed by atoms with Crippen LogP contribution < -0.4 is 10.3 Å². The molecule has 0 spiro atoms. The molecule has 5 nitrogen and oxygen atoms in total. The van der Waals surface area contributed by atoms with Crippen molar-refractivity contribution in [2.45, 2.75) is 38.7 Å². The van der Waals surface area contributed by atoms with Gasteiger partial charge in [0.2, 0.25) is 6.29 Å². The Morgan fingerprint density at radius 3 is 2.96 bits per heavy atom. The molecule has 0 bridgehead atoms. The molecule has 4 rings (SSSR count). The van der Waals surface area contributed by atoms with Gasteiger partial charge in [0, 0.05) is 12.3 Å². The molecular weight excluding hydrogens is 364 g/mol. The molecule has 1 atom stereocenters. The summed E-state index contributed by atoms with van der Waals surface area (Å²) in [6.07, 6.45) is 1.84. The summed E-state index contributed by atoms with van der Waals surface area (Å²) in [6.45, 7) is 5.02. The van der Waals surface area contributed by atoms with E-state index in [0.29, 0.717) is 0 Å². The van der Waals surface area contributed by atoms with Crippen molar-refractivity contribution >= 4 is 39.9 Å². The zero-order valence-electron chi connectivity index (χ0n) is 14.9. The highest BCUT2D eigenvalue weighted by molar-refractivity contribution is 8.13. The number of hydrogen-bond acceptors (Lipinski definition) is 6. The number of thiophene rings is 1. The van der Waals surface area contributed by atoms with Gasteiger partial charge in [-0.2, -0.15) is 5.10 Å². The maximum absolute atomic E-state index is 12.9. The van der Waals surface area contributed by atoms with Crippen LogP contribution in [0, 0.1) is 6.92 Å². The van der Waals surface area contributed by atoms with Gasteiger partial charge in [-0.15, -0.1) is 11.3 Å². The largest absolute Gasteiger partial charge is 0.298 e. The number of anilines is 1. The van der Waals surface area contributed by atoms with E-state index in [0.717, 1.165) is 40.9 Å². The van der Waals surface area contributed by atoms with E-state index in [1.165, 1.54) is 22.5 Å². The first-order valence-corrected chi connectivity index (χ1v) is 10.8. The molecule has 0 saturated heterocycles. The number of amides is 1. The summed E-state index contributed by atoms with van der Waals surface area (Å²) >= 11 is 3.22. The van der Waals surface area contributed by atoms with Crippen molar-refractivity contribution in [3.63, 3.8) is 0 Å². The van der Waals surface area contributed by atoms with E-state index < -0.39 is 0 Å². The highest BCUT2D eigenvalue weighted by atomic mass is 32.2. The van der Waals surface area contributed by atoms with E-state index in [-0.39, 0.29) is 12.2 Å². The molecule has 0 fully saturated rings. The molecule has 1 aromatic heterocycles. The number of thioether (sulfide) groups is 1. The maximum Gasteiger partial charge on any atom is 0.269 e. The molecule has 1 N–H and O–H groups in total. The van der Waals surface area contributed by atoms with Crippen LogP contribution in [0.3, 0.4) is 0 Å². The van der Waals surface area contributed by atoms with Gasteiger partial charge >= 0.3 is 0 Å². The van der Waals surface area contributed by atoms with Crippen molar-refractivity contribution in [3.8, 4) is 0 Å². The predicted molar refractivity (Wildman–Crippen MR) is 110 cm³/mol. The van der Waals surface area contributed by atoms with Crippen molar-refractivity contribution in [2.24, 2.45) is 5.10 Å². The Labute approximate surface area is 162 Å². The average Bonchev–Trinajstić information content (AvgIpc) is 3.28. The Morgan fingerprint density at radius 1 is 1.31 bits per heavy atom. The second-order valence-electron chi connectivity index (χ2n) is 6.47. The van der Waals surface area contributed by atoms with E-state index in [9.17, 15) is 4.79 Å². The summed E-state index contributed by atoms with van der Waals surface area (Å²) in [5, 5.41) is 7.48. The monoisotopic (exact) mass is 386 g/mol. The fourth-order valence-corrected chi connectivity index (χ4v) is 5.14. The van der Waals surface area contributed by atoms with Crippen LogP contribution in [0.25, 0.3) is 0 Å². The minimum Gasteiger partial charge on any atom is -0.298 e. The van der Waals surface area contributed by atoms with Crippen molar-refractivity contribution in [1.29, 1.82) is 0 Å². The number of nitrogens with one attached hydrogen (secondary N) is 1. The number of aryl methyl sites for hydroxylation is 1. The SMILES string of the molecule is CCCCN1C(=O)c2sccc2N2C(SCc3ccccc3C)=NNC12. The number of amidine groups is 1. The summed E-state index contributed by atoms with van der Waals surface area (Å²) in [4.78, 5) is 17.8. The third kappa shape index (κ3) is 2.99. The molecule has 2 aromatic rings. The van der Waals surface area contributed by atoms with Gasteiger partial charge in [-0.05, 0) is 35.9 Å². The lowest BCUT2D eigenvalue weighted by molar-refractivity contribution is 0.0644. The normalized spacial score (nSPS) is 18.5. The zero-order valence-corrected chi connectivity index (χ0v) is 16.6. The molecule has 136 valence electrons. The number of carbonyl (C=O) groups excluding carboxylic acids is 1. The molecular formula is C19H22N4OS2. The van der Waals surface area contributed by atoms with Gasteiger partial charge in [0.1, 0.15) is 4.88 Å². The number of rotatable bonds is 5. The lowest BCUT2D eigenvalue weighted by Gasteiger charge is -2.39. The lowest BCUT2D eigenvalue weighted by Crippen LogP contribution is -2.58. The highest BCUT2D eigenvalue weighted by Gasteiger charge is 2.43. The number of hydrazone groups is 1. The minimum atomic E-state index is -0.212. The summed E-state index contributed by atoms with van der Waals surface area (Å²) in [7, 11) is 0. The van der Waals surface area contributed by atoms with Crippen molar-refractivity contribution in [1.82, 2.24) is 10.3 Å². The van der Waals surface area contributed by atoms with E-state index in [4.69, 9.17) is 0 Å². The molecule has 1 unspecified atom stereocenters. The van der Waals surface area contributed by atoms with Crippen LogP contribution in [-0.4, -0.2) is 28.8 Å². The number of fused-ring (bicyclic) bond motifs is 3. The second-order valence-corrected chi connectivity index (χ2v) is 8.33. The summed E-state index contributed by atoms with van der Waals surface area (Å²) in [5.41, 5.74) is 6.75. The van der Waals surface area contributed by atoms with Crippen LogP contribution in [0.2, 0.25) is 0 Å². The molecule has 3 heterocycles. The van der Waals surface area contributed by atoms with E-state index in [1.54, 1.807) is 11.8 Å². The molecule has 26 heavy (non-hydrogen) atoms. The first-order valence-electron chi connectivity index (χ1n) is 8.89. The zero-order chi connectivity index (χ0) is 18.1. The van der Waals surface area contributed by atoms with E-state index >= 15 is 0 Å². The van der Waals surface area contributed by atoms with Gasteiger partial charge < -0.3 is 0 Å². The highest BCUT2D eigenvalue weighted by Crippen LogP contribution is 2.38. The Balaban J connectivity index is 1.57.